The van der Waals surface area contributed by atoms with Crippen LogP contribution in [0.25, 0.3) is 0 Å². The van der Waals surface area contributed by atoms with E-state index in [0.717, 1.165) is 5.04 Å². The van der Waals surface area contributed by atoms with E-state index >= 15 is 0 Å². The smallest absolute Gasteiger partial charge is 0.126 e. The van der Waals surface area contributed by atoms with Gasteiger partial charge < -0.3 is 0 Å². The molecule has 0 fully saturated rings. The van der Waals surface area contributed by atoms with Gasteiger partial charge >= 0.3 is 0 Å². The second kappa shape index (κ2) is 5.71. The highest BCUT2D eigenvalue weighted by atomic mass is 32.2. The molecule has 0 saturated heterocycles. The van der Waals surface area contributed by atoms with E-state index < -0.39 is 0 Å². The largest absolute Gasteiger partial charge is 0.275 e. The third-order valence-electron chi connectivity index (χ3n) is 3.30. The van der Waals surface area contributed by atoms with Crippen LogP contribution in [0.1, 0.15) is 30.3 Å². The molecule has 2 aromatic rings. The Bertz CT molecular complexity index is 593. The molecule has 3 rings (SSSR count). The highest BCUT2D eigenvalue weighted by Crippen LogP contribution is 2.42. The lowest BCUT2D eigenvalue weighted by Crippen LogP contribution is -2.25. The molecule has 0 N–H and O–H groups in total. The first kappa shape index (κ1) is 13.3. The van der Waals surface area contributed by atoms with E-state index in [1.807, 2.05) is 17.8 Å². The molecular formula is C17H18N2S. The normalized spacial score (nSPS) is 18.4. The number of benzene rings is 2. The number of thioether (sulfide) groups is 1. The van der Waals surface area contributed by atoms with Crippen molar-refractivity contribution in [2.45, 2.75) is 25.3 Å². The van der Waals surface area contributed by atoms with Crippen molar-refractivity contribution < 1.29 is 0 Å². The van der Waals surface area contributed by atoms with E-state index in [4.69, 9.17) is 5.10 Å². The number of hydrogen-bond acceptors (Lipinski definition) is 3. The molecule has 0 saturated carbocycles. The third-order valence-corrected chi connectivity index (χ3v) is 4.56. The van der Waals surface area contributed by atoms with Gasteiger partial charge in [0, 0.05) is 11.6 Å². The zero-order chi connectivity index (χ0) is 13.9. The maximum Gasteiger partial charge on any atom is 0.126 e. The predicted molar refractivity (Wildman–Crippen MR) is 86.7 cm³/mol. The zero-order valence-electron chi connectivity index (χ0n) is 11.7. The zero-order valence-corrected chi connectivity index (χ0v) is 12.5. The molecule has 1 heterocycles. The lowest BCUT2D eigenvalue weighted by molar-refractivity contribution is 0.224. The van der Waals surface area contributed by atoms with Crippen molar-refractivity contribution in [2.75, 3.05) is 0 Å². The summed E-state index contributed by atoms with van der Waals surface area (Å²) < 4.78 is 0. The van der Waals surface area contributed by atoms with Gasteiger partial charge in [-0.2, -0.15) is 5.10 Å². The van der Waals surface area contributed by atoms with Crippen molar-refractivity contribution in [3.8, 4) is 0 Å². The lowest BCUT2D eigenvalue weighted by atomic mass is 10.2. The summed E-state index contributed by atoms with van der Waals surface area (Å²) in [5.41, 5.74) is 2.50. The van der Waals surface area contributed by atoms with E-state index in [1.54, 1.807) is 0 Å². The Morgan fingerprint density at radius 3 is 2.15 bits per heavy atom. The van der Waals surface area contributed by atoms with Crippen molar-refractivity contribution in [1.29, 1.82) is 0 Å². The van der Waals surface area contributed by atoms with Gasteiger partial charge in [-0.25, -0.2) is 0 Å². The van der Waals surface area contributed by atoms with Crippen LogP contribution in [0.15, 0.2) is 65.8 Å². The molecular weight excluding hydrogens is 264 g/mol. The summed E-state index contributed by atoms with van der Waals surface area (Å²) in [6, 6.07) is 21.4. The van der Waals surface area contributed by atoms with Crippen molar-refractivity contribution in [3.05, 3.63) is 71.8 Å². The highest BCUT2D eigenvalue weighted by molar-refractivity contribution is 8.14. The molecule has 1 unspecified atom stereocenters. The second-order valence-electron chi connectivity index (χ2n) is 5.13. The average molecular weight is 282 g/mol. The lowest BCUT2D eigenvalue weighted by Gasteiger charge is -2.26. The van der Waals surface area contributed by atoms with E-state index in [9.17, 15) is 0 Å². The van der Waals surface area contributed by atoms with Gasteiger partial charge in [0.15, 0.2) is 0 Å². The fourth-order valence-electron chi connectivity index (χ4n) is 2.27. The Hall–Kier alpha value is -1.74. The Labute approximate surface area is 124 Å². The van der Waals surface area contributed by atoms with Crippen LogP contribution in [0.4, 0.5) is 0 Å². The molecule has 2 aromatic carbocycles. The second-order valence-corrected chi connectivity index (χ2v) is 6.19. The summed E-state index contributed by atoms with van der Waals surface area (Å²) in [5.74, 6) is 0. The fraction of sp³-hybridized carbons (Fsp3) is 0.235. The SMILES string of the molecule is CC(C)N1N=C(c2ccccc2)SC1c1ccccc1. The van der Waals surface area contributed by atoms with Crippen molar-refractivity contribution in [2.24, 2.45) is 5.10 Å². The Balaban J connectivity index is 1.92. The van der Waals surface area contributed by atoms with Gasteiger partial charge in [0.2, 0.25) is 0 Å². The van der Waals surface area contributed by atoms with Crippen LogP contribution in [0.2, 0.25) is 0 Å². The molecule has 0 bridgehead atoms. The third kappa shape index (κ3) is 2.59. The summed E-state index contributed by atoms with van der Waals surface area (Å²) in [7, 11) is 0. The molecule has 0 amide bonds. The first-order valence-corrected chi connectivity index (χ1v) is 7.77. The minimum Gasteiger partial charge on any atom is -0.275 e. The predicted octanol–water partition coefficient (Wildman–Crippen LogP) is 4.50. The van der Waals surface area contributed by atoms with Crippen LogP contribution >= 0.6 is 11.8 Å². The summed E-state index contributed by atoms with van der Waals surface area (Å²) in [4.78, 5) is 0. The summed E-state index contributed by atoms with van der Waals surface area (Å²) in [5, 5.41) is 8.40. The minimum absolute atomic E-state index is 0.270. The molecule has 0 radical (unpaired) electrons. The van der Waals surface area contributed by atoms with Crippen LogP contribution < -0.4 is 0 Å². The molecule has 0 aliphatic carbocycles. The van der Waals surface area contributed by atoms with Gasteiger partial charge in [-0.05, 0) is 19.4 Å². The molecule has 1 aliphatic heterocycles. The molecule has 2 nitrogen and oxygen atoms in total. The Kier molecular flexibility index (Phi) is 3.79. The quantitative estimate of drug-likeness (QED) is 0.823. The van der Waals surface area contributed by atoms with Crippen LogP contribution in [-0.2, 0) is 0 Å². The Morgan fingerprint density at radius 2 is 1.55 bits per heavy atom. The van der Waals surface area contributed by atoms with Gasteiger partial charge in [0.1, 0.15) is 10.4 Å². The first-order chi connectivity index (χ1) is 9.75. The summed E-state index contributed by atoms with van der Waals surface area (Å²) in [6.45, 7) is 4.38. The first-order valence-electron chi connectivity index (χ1n) is 6.89. The number of nitrogens with zero attached hydrogens (tertiary/aromatic N) is 2. The van der Waals surface area contributed by atoms with Gasteiger partial charge in [0.25, 0.3) is 0 Å². The molecule has 0 spiro atoms. The summed E-state index contributed by atoms with van der Waals surface area (Å²) >= 11 is 1.83. The topological polar surface area (TPSA) is 15.6 Å². The average Bonchev–Trinajstić information content (AvgIpc) is 2.94. The Morgan fingerprint density at radius 1 is 0.950 bits per heavy atom. The standard InChI is InChI=1S/C17H18N2S/c1-13(2)19-17(15-11-7-4-8-12-15)20-16(18-19)14-9-5-3-6-10-14/h3-13,17H,1-2H3. The van der Waals surface area contributed by atoms with Crippen molar-refractivity contribution in [1.82, 2.24) is 5.01 Å². The number of rotatable bonds is 3. The molecule has 102 valence electrons. The maximum atomic E-state index is 4.83. The minimum atomic E-state index is 0.270. The van der Waals surface area contributed by atoms with Crippen molar-refractivity contribution in [3.63, 3.8) is 0 Å². The van der Waals surface area contributed by atoms with Gasteiger partial charge in [-0.1, -0.05) is 72.4 Å². The van der Waals surface area contributed by atoms with Crippen LogP contribution in [0.5, 0.6) is 0 Å². The number of hydrazone groups is 1. The molecule has 3 heteroatoms. The number of hydrogen-bond donors (Lipinski definition) is 0. The van der Waals surface area contributed by atoms with Gasteiger partial charge in [-0.15, -0.1) is 0 Å². The van der Waals surface area contributed by atoms with Crippen LogP contribution in [0, 0.1) is 0 Å². The van der Waals surface area contributed by atoms with Gasteiger partial charge in [-0.3, -0.25) is 5.01 Å². The van der Waals surface area contributed by atoms with E-state index in [2.05, 4.69) is 73.5 Å². The van der Waals surface area contributed by atoms with Crippen LogP contribution in [0.3, 0.4) is 0 Å². The van der Waals surface area contributed by atoms with E-state index in [-0.39, 0.29) is 5.37 Å². The molecule has 1 atom stereocenters. The molecule has 0 aromatic heterocycles. The molecule has 1 aliphatic rings. The van der Waals surface area contributed by atoms with E-state index in [1.165, 1.54) is 11.1 Å². The fourth-order valence-corrected chi connectivity index (χ4v) is 3.59. The van der Waals surface area contributed by atoms with Crippen molar-refractivity contribution >= 4 is 16.8 Å². The molecule has 20 heavy (non-hydrogen) atoms. The van der Waals surface area contributed by atoms with Gasteiger partial charge in [0.05, 0.1) is 0 Å². The van der Waals surface area contributed by atoms with E-state index in [0.29, 0.717) is 6.04 Å². The van der Waals surface area contributed by atoms with Crippen LogP contribution in [-0.4, -0.2) is 16.1 Å². The summed E-state index contributed by atoms with van der Waals surface area (Å²) in [6.07, 6.45) is 0. The highest BCUT2D eigenvalue weighted by Gasteiger charge is 2.30. The monoisotopic (exact) mass is 282 g/mol. The maximum absolute atomic E-state index is 4.83.